The second kappa shape index (κ2) is 2.78. The number of carbonyl (C=O) groups excluding carboxylic acids is 1. The van der Waals surface area contributed by atoms with Gasteiger partial charge in [0.25, 0.3) is 0 Å². The van der Waals surface area contributed by atoms with Gasteiger partial charge in [0, 0.05) is 9.21 Å². The highest BCUT2D eigenvalue weighted by atomic mass is 32.2. The summed E-state index contributed by atoms with van der Waals surface area (Å²) in [6.45, 7) is 0. The molecule has 0 fully saturated rings. The predicted molar refractivity (Wildman–Crippen MR) is 24.4 cm³/mol. The van der Waals surface area contributed by atoms with Crippen molar-refractivity contribution in [2.45, 2.75) is 0 Å². The van der Waals surface area contributed by atoms with Gasteiger partial charge in [0.1, 0.15) is 0 Å². The van der Waals surface area contributed by atoms with Crippen molar-refractivity contribution in [2.24, 2.45) is 5.73 Å². The van der Waals surface area contributed by atoms with E-state index in [1.807, 2.05) is 0 Å². The van der Waals surface area contributed by atoms with E-state index in [-0.39, 0.29) is 3.95 Å². The van der Waals surface area contributed by atoms with Crippen molar-refractivity contribution in [1.29, 1.82) is 5.26 Å². The van der Waals surface area contributed by atoms with E-state index in [0.29, 0.717) is 0 Å². The summed E-state index contributed by atoms with van der Waals surface area (Å²) < 4.78 is 19.4. The number of hydrogen-bond acceptors (Lipinski definition) is 4. The standard InChI is InChI=1S/C2HN3O3S/c3-1-5(2(4)6)9(7)8/h(H-,4,6)/p+1. The largest absolute Gasteiger partial charge is 0.462 e. The van der Waals surface area contributed by atoms with Crippen molar-refractivity contribution in [3.63, 3.8) is 0 Å². The zero-order valence-electron chi connectivity index (χ0n) is 4.10. The molecule has 0 heterocycles. The van der Waals surface area contributed by atoms with Crippen molar-refractivity contribution in [2.75, 3.05) is 0 Å². The number of nitrogens with two attached hydrogens (primary N) is 1. The van der Waals surface area contributed by atoms with Crippen LogP contribution in [-0.4, -0.2) is 18.4 Å². The predicted octanol–water partition coefficient (Wildman–Crippen LogP) is -1.38. The number of primary amides is 1. The molecule has 9 heavy (non-hydrogen) atoms. The van der Waals surface area contributed by atoms with Crippen molar-refractivity contribution in [3.05, 3.63) is 0 Å². The lowest BCUT2D eigenvalue weighted by molar-refractivity contribution is -0.300. The molecule has 2 N–H and O–H groups in total. The molecule has 0 aromatic heterocycles. The number of rotatable bonds is 0. The molecule has 0 atom stereocenters. The minimum absolute atomic E-state index is 0.181. The van der Waals surface area contributed by atoms with Crippen LogP contribution in [0.25, 0.3) is 0 Å². The molecule has 0 saturated heterocycles. The summed E-state index contributed by atoms with van der Waals surface area (Å²) in [6.07, 6.45) is 1.05. The molecule has 0 rings (SSSR count). The van der Waals surface area contributed by atoms with Crippen LogP contribution in [0.3, 0.4) is 0 Å². The maximum absolute atomic E-state index is 9.90. The molecule has 0 unspecified atom stereocenters. The maximum Gasteiger partial charge on any atom is 0.462 e. The second-order valence-corrected chi connectivity index (χ2v) is 1.75. The normalized spacial score (nSPS) is 7.44. The van der Waals surface area contributed by atoms with Crippen molar-refractivity contribution < 1.29 is 17.2 Å². The zero-order chi connectivity index (χ0) is 7.44. The molecule has 2 amide bonds. The van der Waals surface area contributed by atoms with Crippen molar-refractivity contribution in [3.8, 4) is 6.19 Å². The zero-order valence-corrected chi connectivity index (χ0v) is 4.92. The molecule has 0 saturated carbocycles. The fourth-order valence-electron chi connectivity index (χ4n) is 0.156. The second-order valence-electron chi connectivity index (χ2n) is 0.950. The van der Waals surface area contributed by atoms with Gasteiger partial charge >= 0.3 is 22.7 Å². The minimum atomic E-state index is -2.89. The molecule has 0 aromatic rings. The Hall–Kier alpha value is -1.42. The van der Waals surface area contributed by atoms with Gasteiger partial charge < -0.3 is 0 Å². The van der Waals surface area contributed by atoms with Gasteiger partial charge in [-0.25, -0.2) is 4.79 Å². The minimum Gasteiger partial charge on any atom is -0.281 e. The van der Waals surface area contributed by atoms with E-state index in [1.165, 1.54) is 0 Å². The number of amides is 2. The van der Waals surface area contributed by atoms with E-state index in [1.54, 1.807) is 0 Å². The average Bonchev–Trinajstić information content (AvgIpc) is 1.64. The number of hydrogen-bond donors (Lipinski definition) is 1. The third-order valence-electron chi connectivity index (χ3n) is 0.440. The Morgan fingerprint density at radius 2 is 2.11 bits per heavy atom. The van der Waals surface area contributed by atoms with E-state index in [0.717, 1.165) is 6.19 Å². The summed E-state index contributed by atoms with van der Waals surface area (Å²) in [5.41, 5.74) is 4.42. The van der Waals surface area contributed by atoms with Crippen LogP contribution in [0.5, 0.6) is 0 Å². The van der Waals surface area contributed by atoms with Crippen LogP contribution in [0.15, 0.2) is 0 Å². The van der Waals surface area contributed by atoms with E-state index in [2.05, 4.69) is 5.73 Å². The van der Waals surface area contributed by atoms with Crippen LogP contribution >= 0.6 is 0 Å². The average molecular weight is 148 g/mol. The van der Waals surface area contributed by atoms with Gasteiger partial charge in [-0.1, -0.05) is 0 Å². The Labute approximate surface area is 51.8 Å². The first-order valence-corrected chi connectivity index (χ1v) is 2.71. The molecule has 7 heteroatoms. The lowest BCUT2D eigenvalue weighted by Crippen LogP contribution is -2.21. The smallest absolute Gasteiger partial charge is 0.281 e. The van der Waals surface area contributed by atoms with Crippen LogP contribution < -0.4 is 5.73 Å². The lowest BCUT2D eigenvalue weighted by Gasteiger charge is -1.72. The van der Waals surface area contributed by atoms with Crippen LogP contribution in [-0.2, 0) is 10.5 Å². The Morgan fingerprint density at radius 1 is 1.67 bits per heavy atom. The first-order chi connectivity index (χ1) is 4.09. The maximum atomic E-state index is 9.90. The summed E-state index contributed by atoms with van der Waals surface area (Å²) in [6, 6.07) is -1.31. The molecular formula is C2H2N3O3S+. The summed E-state index contributed by atoms with van der Waals surface area (Å²) in [7, 11) is -2.89. The molecule has 0 aliphatic heterocycles. The highest BCUT2D eigenvalue weighted by Crippen LogP contribution is 1.66. The van der Waals surface area contributed by atoms with Crippen LogP contribution in [0, 0.1) is 11.5 Å². The van der Waals surface area contributed by atoms with Crippen LogP contribution in [0.4, 0.5) is 4.79 Å². The summed E-state index contributed by atoms with van der Waals surface area (Å²) in [5.74, 6) is 0. The number of carbonyl (C=O) groups is 1. The Morgan fingerprint density at radius 3 is 2.11 bits per heavy atom. The molecule has 0 bridgehead atoms. The van der Waals surface area contributed by atoms with Gasteiger partial charge in [0.15, 0.2) is 0 Å². The quantitative estimate of drug-likeness (QED) is 0.259. The Balaban J connectivity index is 5.13. The topological polar surface area (TPSA) is 104 Å². The van der Waals surface area contributed by atoms with Crippen LogP contribution in [0.1, 0.15) is 0 Å². The summed E-state index contributed by atoms with van der Waals surface area (Å²) >= 11 is 0. The van der Waals surface area contributed by atoms with Gasteiger partial charge in [-0.3, -0.25) is 5.73 Å². The van der Waals surface area contributed by atoms with E-state index in [4.69, 9.17) is 5.26 Å². The molecule has 0 aromatic carbocycles. The molecular weight excluding hydrogens is 146 g/mol. The Bertz CT molecular complexity index is 286. The van der Waals surface area contributed by atoms with Gasteiger partial charge in [0.2, 0.25) is 0 Å². The fourth-order valence-corrected chi connectivity index (χ4v) is 0.370. The highest BCUT2D eigenvalue weighted by molar-refractivity contribution is 7.59. The van der Waals surface area contributed by atoms with Crippen molar-refractivity contribution in [1.82, 2.24) is 0 Å². The van der Waals surface area contributed by atoms with E-state index in [9.17, 15) is 13.2 Å². The lowest BCUT2D eigenvalue weighted by atomic mass is 11.0. The van der Waals surface area contributed by atoms with Crippen molar-refractivity contribution >= 4 is 16.5 Å². The molecule has 6 nitrogen and oxygen atoms in total. The number of nitrogens with zero attached hydrogens (tertiary/aromatic N) is 2. The van der Waals surface area contributed by atoms with E-state index >= 15 is 0 Å². The van der Waals surface area contributed by atoms with E-state index < -0.39 is 16.5 Å². The number of nitriles is 1. The first-order valence-electron chi connectivity index (χ1n) is 1.68. The monoisotopic (exact) mass is 148 g/mol. The first kappa shape index (κ1) is 7.58. The van der Waals surface area contributed by atoms with Gasteiger partial charge in [-0.15, -0.1) is 8.42 Å². The van der Waals surface area contributed by atoms with Crippen LogP contribution in [0.2, 0.25) is 0 Å². The fraction of sp³-hybridized carbons (Fsp3) is 0. The molecule has 48 valence electrons. The van der Waals surface area contributed by atoms with Gasteiger partial charge in [-0.05, 0) is 0 Å². The van der Waals surface area contributed by atoms with Gasteiger partial charge in [-0.2, -0.15) is 0 Å². The summed E-state index contributed by atoms with van der Waals surface area (Å²) in [4.78, 5) is 9.90. The third kappa shape index (κ3) is 1.87. The Kier molecular flexibility index (Phi) is 2.34. The third-order valence-corrected chi connectivity index (χ3v) is 1.000. The van der Waals surface area contributed by atoms with Gasteiger partial charge in [0.05, 0.1) is 0 Å². The molecule has 0 aliphatic rings. The number of urea groups is 1. The molecule has 0 spiro atoms. The summed E-state index contributed by atoms with van der Waals surface area (Å²) in [5, 5.41) is 7.85. The molecule has 0 radical (unpaired) electrons. The molecule has 0 aliphatic carbocycles. The highest BCUT2D eigenvalue weighted by Gasteiger charge is 2.08. The SMILES string of the molecule is N#C[N+](C(N)=O)=S(=O)=O.